The van der Waals surface area contributed by atoms with Crippen LogP contribution < -0.4 is 5.73 Å². The van der Waals surface area contributed by atoms with Crippen LogP contribution in [0.3, 0.4) is 0 Å². The van der Waals surface area contributed by atoms with Crippen molar-refractivity contribution >= 4 is 11.9 Å². The highest BCUT2D eigenvalue weighted by Crippen LogP contribution is 2.15. The number of ether oxygens (including phenoxy) is 1. The van der Waals surface area contributed by atoms with Crippen molar-refractivity contribution < 1.29 is 29.6 Å². The van der Waals surface area contributed by atoms with Gasteiger partial charge in [-0.25, -0.2) is 4.79 Å². The molecule has 0 aliphatic rings. The van der Waals surface area contributed by atoms with Crippen LogP contribution in [0.25, 0.3) is 0 Å². The second-order valence-electron chi connectivity index (χ2n) is 2.34. The molecule has 13 heavy (non-hydrogen) atoms. The van der Waals surface area contributed by atoms with Gasteiger partial charge in [0.1, 0.15) is 0 Å². The lowest BCUT2D eigenvalue weighted by molar-refractivity contribution is -0.178. The standard InChI is InChI=1S/C6H11NO6/c7-3-13-6(2-8,5(11)12)1-4(9)10/h8H,1-3,7H2,(H,9,10)(H,11,12). The second kappa shape index (κ2) is 4.75. The molecule has 5 N–H and O–H groups in total. The van der Waals surface area contributed by atoms with Crippen molar-refractivity contribution in [2.45, 2.75) is 12.0 Å². The molecule has 0 aliphatic heterocycles. The van der Waals surface area contributed by atoms with Crippen LogP contribution in [-0.4, -0.2) is 46.2 Å². The number of rotatable bonds is 6. The molecule has 0 aromatic rings. The minimum absolute atomic E-state index is 0.472. The van der Waals surface area contributed by atoms with Gasteiger partial charge in [0.2, 0.25) is 0 Å². The van der Waals surface area contributed by atoms with Crippen molar-refractivity contribution in [1.82, 2.24) is 0 Å². The van der Waals surface area contributed by atoms with E-state index in [1.54, 1.807) is 0 Å². The summed E-state index contributed by atoms with van der Waals surface area (Å²) in [6.07, 6.45) is -0.837. The fourth-order valence-corrected chi connectivity index (χ4v) is 0.761. The second-order valence-corrected chi connectivity index (χ2v) is 2.34. The molecule has 0 aromatic carbocycles. The molecule has 0 bridgehead atoms. The Balaban J connectivity index is 4.64. The first-order valence-electron chi connectivity index (χ1n) is 3.38. The number of carboxylic acids is 2. The van der Waals surface area contributed by atoms with E-state index in [-0.39, 0.29) is 0 Å². The quantitative estimate of drug-likeness (QED) is 0.366. The minimum Gasteiger partial charge on any atom is -0.481 e. The van der Waals surface area contributed by atoms with Gasteiger partial charge in [0.25, 0.3) is 0 Å². The van der Waals surface area contributed by atoms with Crippen LogP contribution in [0.2, 0.25) is 0 Å². The molecular formula is C6H11NO6. The maximum Gasteiger partial charge on any atom is 0.339 e. The third-order valence-corrected chi connectivity index (χ3v) is 1.44. The van der Waals surface area contributed by atoms with Crippen LogP contribution in [0, 0.1) is 0 Å². The van der Waals surface area contributed by atoms with Gasteiger partial charge in [-0.1, -0.05) is 0 Å². The van der Waals surface area contributed by atoms with E-state index >= 15 is 0 Å². The highest BCUT2D eigenvalue weighted by atomic mass is 16.5. The van der Waals surface area contributed by atoms with E-state index in [2.05, 4.69) is 4.74 Å². The number of carboxylic acid groups (broad SMARTS) is 2. The molecule has 76 valence electrons. The number of hydrogen-bond donors (Lipinski definition) is 4. The maximum atomic E-state index is 10.6. The SMILES string of the molecule is NCOC(CO)(CC(=O)O)C(=O)O. The van der Waals surface area contributed by atoms with E-state index in [1.807, 2.05) is 0 Å². The van der Waals surface area contributed by atoms with Crippen LogP contribution in [-0.2, 0) is 14.3 Å². The number of aliphatic hydroxyl groups is 1. The van der Waals surface area contributed by atoms with Crippen molar-refractivity contribution in [1.29, 1.82) is 0 Å². The van der Waals surface area contributed by atoms with E-state index in [1.165, 1.54) is 0 Å². The topological polar surface area (TPSA) is 130 Å². The summed E-state index contributed by atoms with van der Waals surface area (Å²) in [6, 6.07) is 0. The van der Waals surface area contributed by atoms with Gasteiger partial charge in [0.15, 0.2) is 5.60 Å². The largest absolute Gasteiger partial charge is 0.481 e. The van der Waals surface area contributed by atoms with E-state index in [9.17, 15) is 9.59 Å². The van der Waals surface area contributed by atoms with Crippen molar-refractivity contribution in [3.63, 3.8) is 0 Å². The van der Waals surface area contributed by atoms with Gasteiger partial charge in [-0.2, -0.15) is 0 Å². The fraction of sp³-hybridized carbons (Fsp3) is 0.667. The third kappa shape index (κ3) is 2.98. The van der Waals surface area contributed by atoms with Crippen LogP contribution in [0.1, 0.15) is 6.42 Å². The summed E-state index contributed by atoms with van der Waals surface area (Å²) < 4.78 is 4.50. The first kappa shape index (κ1) is 11.8. The third-order valence-electron chi connectivity index (χ3n) is 1.44. The average Bonchev–Trinajstić information content (AvgIpc) is 2.02. The Bertz CT molecular complexity index is 205. The van der Waals surface area contributed by atoms with E-state index in [0.717, 1.165) is 0 Å². The summed E-state index contributed by atoms with van der Waals surface area (Å²) in [7, 11) is 0. The minimum atomic E-state index is -2.14. The summed E-state index contributed by atoms with van der Waals surface area (Å²) in [6.45, 7) is -1.41. The first-order valence-corrected chi connectivity index (χ1v) is 3.38. The van der Waals surface area contributed by atoms with Crippen molar-refractivity contribution in [3.8, 4) is 0 Å². The first-order chi connectivity index (χ1) is 5.98. The summed E-state index contributed by atoms with van der Waals surface area (Å²) in [5.74, 6) is -2.94. The van der Waals surface area contributed by atoms with Gasteiger partial charge < -0.3 is 25.8 Å². The summed E-state index contributed by atoms with van der Waals surface area (Å²) in [5.41, 5.74) is 2.78. The number of aliphatic hydroxyl groups excluding tert-OH is 1. The Morgan fingerprint density at radius 1 is 1.38 bits per heavy atom. The molecule has 7 nitrogen and oxygen atoms in total. The molecule has 0 aliphatic carbocycles. The highest BCUT2D eigenvalue weighted by Gasteiger charge is 2.41. The molecule has 0 spiro atoms. The highest BCUT2D eigenvalue weighted by molar-refractivity contribution is 5.84. The number of carbonyl (C=O) groups is 2. The number of nitrogens with two attached hydrogens (primary N) is 1. The van der Waals surface area contributed by atoms with E-state index in [0.29, 0.717) is 0 Å². The summed E-state index contributed by atoms with van der Waals surface area (Å²) in [5, 5.41) is 25.7. The molecule has 0 fully saturated rings. The zero-order chi connectivity index (χ0) is 10.5. The van der Waals surface area contributed by atoms with Gasteiger partial charge in [0.05, 0.1) is 19.8 Å². The Kier molecular flexibility index (Phi) is 4.32. The zero-order valence-corrected chi connectivity index (χ0v) is 6.77. The number of aliphatic carboxylic acids is 2. The number of hydrogen-bond acceptors (Lipinski definition) is 5. The molecular weight excluding hydrogens is 182 g/mol. The molecule has 0 saturated carbocycles. The van der Waals surface area contributed by atoms with Gasteiger partial charge in [-0.3, -0.25) is 4.79 Å². The average molecular weight is 193 g/mol. The Morgan fingerprint density at radius 3 is 2.15 bits per heavy atom. The molecule has 0 saturated heterocycles. The van der Waals surface area contributed by atoms with Gasteiger partial charge in [-0.05, 0) is 0 Å². The molecule has 7 heteroatoms. The Hall–Kier alpha value is -1.18. The Labute approximate surface area is 73.7 Å². The Morgan fingerprint density at radius 2 is 1.92 bits per heavy atom. The van der Waals surface area contributed by atoms with Crippen LogP contribution >= 0.6 is 0 Å². The summed E-state index contributed by atoms with van der Waals surface area (Å²) >= 11 is 0. The molecule has 0 radical (unpaired) electrons. The predicted octanol–water partition coefficient (Wildman–Crippen LogP) is -1.79. The molecule has 0 aromatic heterocycles. The fourth-order valence-electron chi connectivity index (χ4n) is 0.761. The maximum absolute atomic E-state index is 10.6. The lowest BCUT2D eigenvalue weighted by Gasteiger charge is -2.24. The zero-order valence-electron chi connectivity index (χ0n) is 6.77. The summed E-state index contributed by atoms with van der Waals surface area (Å²) in [4.78, 5) is 20.8. The lowest BCUT2D eigenvalue weighted by Crippen LogP contribution is -2.48. The van der Waals surface area contributed by atoms with Crippen molar-refractivity contribution in [2.75, 3.05) is 13.3 Å². The predicted molar refractivity (Wildman–Crippen MR) is 39.8 cm³/mol. The monoisotopic (exact) mass is 193 g/mol. The van der Waals surface area contributed by atoms with Crippen molar-refractivity contribution in [3.05, 3.63) is 0 Å². The van der Waals surface area contributed by atoms with Crippen LogP contribution in [0.15, 0.2) is 0 Å². The normalized spacial score (nSPS) is 14.9. The van der Waals surface area contributed by atoms with E-state index in [4.69, 9.17) is 21.1 Å². The van der Waals surface area contributed by atoms with Gasteiger partial charge >= 0.3 is 11.9 Å². The lowest BCUT2D eigenvalue weighted by atomic mass is 10.0. The van der Waals surface area contributed by atoms with E-state index < -0.39 is 37.3 Å². The molecule has 0 amide bonds. The smallest absolute Gasteiger partial charge is 0.339 e. The molecule has 0 rings (SSSR count). The van der Waals surface area contributed by atoms with Gasteiger partial charge in [-0.15, -0.1) is 0 Å². The molecule has 1 unspecified atom stereocenters. The van der Waals surface area contributed by atoms with Crippen LogP contribution in [0.5, 0.6) is 0 Å². The molecule has 1 atom stereocenters. The molecule has 0 heterocycles. The van der Waals surface area contributed by atoms with Gasteiger partial charge in [0, 0.05) is 0 Å². The van der Waals surface area contributed by atoms with Crippen molar-refractivity contribution in [2.24, 2.45) is 5.73 Å². The van der Waals surface area contributed by atoms with Crippen LogP contribution in [0.4, 0.5) is 0 Å².